The summed E-state index contributed by atoms with van der Waals surface area (Å²) < 4.78 is 11.0. The van der Waals surface area contributed by atoms with Gasteiger partial charge in [-0.3, -0.25) is 9.78 Å². The molecule has 0 aromatic carbocycles. The molecule has 1 atom stereocenters. The van der Waals surface area contributed by atoms with Crippen LogP contribution in [0.2, 0.25) is 0 Å². The quantitative estimate of drug-likeness (QED) is 0.852. The molecule has 0 bridgehead atoms. The fourth-order valence-corrected chi connectivity index (χ4v) is 2.56. The molecule has 2 aromatic heterocycles. The number of hydrogen-bond acceptors (Lipinski definition) is 6. The SMILES string of the molecule is COc1nccnc1OC1CCCN(C(=O)c2ccccn2)C1. The Morgan fingerprint density at radius 1 is 1.17 bits per heavy atom. The molecule has 7 heteroatoms. The Balaban J connectivity index is 1.68. The largest absolute Gasteiger partial charge is 0.477 e. The standard InChI is InChI=1S/C16H18N4O3/c1-22-14-15(19-9-8-18-14)23-12-5-4-10-20(11-12)16(21)13-6-2-3-7-17-13/h2-3,6-9,12H,4-5,10-11H2,1H3. The minimum Gasteiger partial charge on any atom is -0.477 e. The lowest BCUT2D eigenvalue weighted by Crippen LogP contribution is -2.44. The molecule has 23 heavy (non-hydrogen) atoms. The van der Waals surface area contributed by atoms with E-state index in [2.05, 4.69) is 15.0 Å². The van der Waals surface area contributed by atoms with Crippen LogP contribution in [-0.2, 0) is 0 Å². The van der Waals surface area contributed by atoms with E-state index in [4.69, 9.17) is 9.47 Å². The molecule has 0 spiro atoms. The second-order valence-corrected chi connectivity index (χ2v) is 5.22. The van der Waals surface area contributed by atoms with Gasteiger partial charge in [0.05, 0.1) is 13.7 Å². The fourth-order valence-electron chi connectivity index (χ4n) is 2.56. The van der Waals surface area contributed by atoms with Gasteiger partial charge in [0, 0.05) is 25.1 Å². The molecule has 0 saturated carbocycles. The summed E-state index contributed by atoms with van der Waals surface area (Å²) in [6.07, 6.45) is 6.30. The summed E-state index contributed by atoms with van der Waals surface area (Å²) in [5.74, 6) is 0.623. The number of rotatable bonds is 4. The number of methoxy groups -OCH3 is 1. The van der Waals surface area contributed by atoms with Crippen molar-refractivity contribution in [3.8, 4) is 11.8 Å². The number of hydrogen-bond donors (Lipinski definition) is 0. The van der Waals surface area contributed by atoms with E-state index >= 15 is 0 Å². The van der Waals surface area contributed by atoms with Crippen molar-refractivity contribution in [2.45, 2.75) is 18.9 Å². The molecule has 0 radical (unpaired) electrons. The van der Waals surface area contributed by atoms with E-state index in [1.54, 1.807) is 35.6 Å². The number of pyridine rings is 1. The average Bonchev–Trinajstić information content (AvgIpc) is 2.62. The Bertz CT molecular complexity index is 665. The summed E-state index contributed by atoms with van der Waals surface area (Å²) in [6.45, 7) is 1.20. The zero-order valence-corrected chi connectivity index (χ0v) is 12.9. The summed E-state index contributed by atoms with van der Waals surface area (Å²) in [5.41, 5.74) is 0.449. The first-order valence-electron chi connectivity index (χ1n) is 7.50. The molecule has 3 heterocycles. The highest BCUT2D eigenvalue weighted by Gasteiger charge is 2.27. The molecule has 3 rings (SSSR count). The topological polar surface area (TPSA) is 77.4 Å². The number of likely N-dealkylation sites (tertiary alicyclic amines) is 1. The molecule has 1 aliphatic heterocycles. The van der Waals surface area contributed by atoms with Crippen LogP contribution >= 0.6 is 0 Å². The van der Waals surface area contributed by atoms with Crippen LogP contribution in [0, 0.1) is 0 Å². The monoisotopic (exact) mass is 314 g/mol. The maximum absolute atomic E-state index is 12.5. The molecule has 7 nitrogen and oxygen atoms in total. The van der Waals surface area contributed by atoms with Crippen molar-refractivity contribution in [1.29, 1.82) is 0 Å². The van der Waals surface area contributed by atoms with E-state index in [1.165, 1.54) is 7.11 Å². The van der Waals surface area contributed by atoms with Gasteiger partial charge in [-0.25, -0.2) is 9.97 Å². The first kappa shape index (κ1) is 15.2. The van der Waals surface area contributed by atoms with Crippen LogP contribution in [0.1, 0.15) is 23.3 Å². The van der Waals surface area contributed by atoms with Crippen molar-refractivity contribution in [1.82, 2.24) is 19.9 Å². The molecular weight excluding hydrogens is 296 g/mol. The Hall–Kier alpha value is -2.70. The molecule has 1 saturated heterocycles. The third kappa shape index (κ3) is 3.56. The number of aromatic nitrogens is 3. The highest BCUT2D eigenvalue weighted by molar-refractivity contribution is 5.92. The van der Waals surface area contributed by atoms with Crippen LogP contribution < -0.4 is 9.47 Å². The molecule has 120 valence electrons. The van der Waals surface area contributed by atoms with Crippen molar-refractivity contribution in [2.24, 2.45) is 0 Å². The van der Waals surface area contributed by atoms with E-state index in [0.29, 0.717) is 30.5 Å². The van der Waals surface area contributed by atoms with Gasteiger partial charge < -0.3 is 14.4 Å². The van der Waals surface area contributed by atoms with Gasteiger partial charge in [0.25, 0.3) is 17.7 Å². The van der Waals surface area contributed by atoms with Crippen LogP contribution in [0.5, 0.6) is 11.8 Å². The van der Waals surface area contributed by atoms with Crippen LogP contribution in [0.25, 0.3) is 0 Å². The van der Waals surface area contributed by atoms with Crippen molar-refractivity contribution in [2.75, 3.05) is 20.2 Å². The summed E-state index contributed by atoms with van der Waals surface area (Å²) in [4.78, 5) is 26.6. The van der Waals surface area contributed by atoms with Crippen LogP contribution in [0.3, 0.4) is 0 Å². The van der Waals surface area contributed by atoms with Gasteiger partial charge in [-0.15, -0.1) is 0 Å². The van der Waals surface area contributed by atoms with Crippen LogP contribution in [0.15, 0.2) is 36.8 Å². The zero-order valence-electron chi connectivity index (χ0n) is 12.9. The Morgan fingerprint density at radius 2 is 2.00 bits per heavy atom. The van der Waals surface area contributed by atoms with E-state index < -0.39 is 0 Å². The predicted octanol–water partition coefficient (Wildman–Crippen LogP) is 1.56. The number of carbonyl (C=O) groups is 1. The highest BCUT2D eigenvalue weighted by atomic mass is 16.5. The second kappa shape index (κ2) is 7.04. The van der Waals surface area contributed by atoms with Gasteiger partial charge >= 0.3 is 0 Å². The summed E-state index contributed by atoms with van der Waals surface area (Å²) in [7, 11) is 1.52. The summed E-state index contributed by atoms with van der Waals surface area (Å²) >= 11 is 0. The van der Waals surface area contributed by atoms with Crippen molar-refractivity contribution < 1.29 is 14.3 Å². The van der Waals surface area contributed by atoms with Crippen molar-refractivity contribution >= 4 is 5.91 Å². The van der Waals surface area contributed by atoms with Gasteiger partial charge in [0.2, 0.25) is 0 Å². The minimum absolute atomic E-state index is 0.0787. The Labute approximate surface area is 134 Å². The van der Waals surface area contributed by atoms with E-state index in [0.717, 1.165) is 12.8 Å². The number of piperidine rings is 1. The Morgan fingerprint density at radius 3 is 2.74 bits per heavy atom. The number of carbonyl (C=O) groups excluding carboxylic acids is 1. The van der Waals surface area contributed by atoms with Gasteiger partial charge in [-0.2, -0.15) is 0 Å². The first-order chi connectivity index (χ1) is 11.3. The molecule has 1 unspecified atom stereocenters. The van der Waals surface area contributed by atoms with Crippen LogP contribution in [-0.4, -0.2) is 52.1 Å². The third-order valence-electron chi connectivity index (χ3n) is 3.65. The molecule has 1 amide bonds. The molecule has 1 aliphatic rings. The number of amides is 1. The second-order valence-electron chi connectivity index (χ2n) is 5.22. The summed E-state index contributed by atoms with van der Waals surface area (Å²) in [6, 6.07) is 5.32. The van der Waals surface area contributed by atoms with E-state index in [-0.39, 0.29) is 12.0 Å². The lowest BCUT2D eigenvalue weighted by Gasteiger charge is -2.32. The number of ether oxygens (including phenoxy) is 2. The van der Waals surface area contributed by atoms with Gasteiger partial charge in [-0.1, -0.05) is 6.07 Å². The predicted molar refractivity (Wildman–Crippen MR) is 82.4 cm³/mol. The Kier molecular flexibility index (Phi) is 4.65. The first-order valence-corrected chi connectivity index (χ1v) is 7.50. The molecule has 0 N–H and O–H groups in total. The molecular formula is C16H18N4O3. The maximum atomic E-state index is 12.5. The highest BCUT2D eigenvalue weighted by Crippen LogP contribution is 2.24. The fraction of sp³-hybridized carbons (Fsp3) is 0.375. The van der Waals surface area contributed by atoms with Crippen molar-refractivity contribution in [3.63, 3.8) is 0 Å². The zero-order chi connectivity index (χ0) is 16.1. The van der Waals surface area contributed by atoms with Gasteiger partial charge in [0.15, 0.2) is 0 Å². The lowest BCUT2D eigenvalue weighted by molar-refractivity contribution is 0.0514. The third-order valence-corrected chi connectivity index (χ3v) is 3.65. The smallest absolute Gasteiger partial charge is 0.278 e. The maximum Gasteiger partial charge on any atom is 0.278 e. The van der Waals surface area contributed by atoms with Crippen LogP contribution in [0.4, 0.5) is 0 Å². The average molecular weight is 314 g/mol. The van der Waals surface area contributed by atoms with Gasteiger partial charge in [0.1, 0.15) is 11.8 Å². The number of nitrogens with zero attached hydrogens (tertiary/aromatic N) is 4. The normalized spacial score (nSPS) is 17.6. The lowest BCUT2D eigenvalue weighted by atomic mass is 10.1. The molecule has 1 fully saturated rings. The molecule has 2 aromatic rings. The minimum atomic E-state index is -0.137. The van der Waals surface area contributed by atoms with Crippen molar-refractivity contribution in [3.05, 3.63) is 42.5 Å². The van der Waals surface area contributed by atoms with Gasteiger partial charge in [-0.05, 0) is 25.0 Å². The van der Waals surface area contributed by atoms with E-state index in [9.17, 15) is 4.79 Å². The van der Waals surface area contributed by atoms with E-state index in [1.807, 2.05) is 6.07 Å². The summed E-state index contributed by atoms with van der Waals surface area (Å²) in [5, 5.41) is 0. The molecule has 0 aliphatic carbocycles.